The lowest BCUT2D eigenvalue weighted by Crippen LogP contribution is -2.55. The molecule has 0 heterocycles. The van der Waals surface area contributed by atoms with Gasteiger partial charge < -0.3 is 5.73 Å². The number of rotatable bonds is 5. The molecule has 0 bridgehead atoms. The summed E-state index contributed by atoms with van der Waals surface area (Å²) in [5, 5.41) is 0. The molecule has 2 fully saturated rings. The van der Waals surface area contributed by atoms with Crippen LogP contribution in [0.3, 0.4) is 0 Å². The molecule has 0 unspecified atom stereocenters. The molecule has 2 saturated carbocycles. The maximum absolute atomic E-state index is 6.37. The summed E-state index contributed by atoms with van der Waals surface area (Å²) in [7, 11) is 0. The Kier molecular flexibility index (Phi) is 7.53. The molecule has 0 aromatic carbocycles. The van der Waals surface area contributed by atoms with Crippen LogP contribution >= 0.6 is 0 Å². The molecule has 2 aliphatic carbocycles. The van der Waals surface area contributed by atoms with Crippen molar-refractivity contribution in [3.05, 3.63) is 0 Å². The third-order valence-electron chi connectivity index (χ3n) is 5.73. The van der Waals surface area contributed by atoms with Crippen LogP contribution in [0.2, 0.25) is 0 Å². The second-order valence-electron chi connectivity index (χ2n) is 7.54. The summed E-state index contributed by atoms with van der Waals surface area (Å²) in [4.78, 5) is 2.85. The van der Waals surface area contributed by atoms with Crippen molar-refractivity contribution >= 4 is 0 Å². The van der Waals surface area contributed by atoms with Gasteiger partial charge in [0.25, 0.3) is 0 Å². The molecule has 2 N–H and O–H groups in total. The van der Waals surface area contributed by atoms with Crippen LogP contribution in [-0.4, -0.2) is 29.6 Å². The highest BCUT2D eigenvalue weighted by Gasteiger charge is 2.42. The third-order valence-corrected chi connectivity index (χ3v) is 5.73. The van der Waals surface area contributed by atoms with Gasteiger partial charge in [0.1, 0.15) is 0 Å². The molecule has 2 heteroatoms. The molecule has 0 spiro atoms. The van der Waals surface area contributed by atoms with E-state index in [0.717, 1.165) is 12.6 Å². The zero-order valence-electron chi connectivity index (χ0n) is 14.4. The molecule has 0 aromatic rings. The first-order valence-corrected chi connectivity index (χ1v) is 9.79. The summed E-state index contributed by atoms with van der Waals surface area (Å²) in [6.07, 6.45) is 19.7. The van der Waals surface area contributed by atoms with E-state index in [1.54, 1.807) is 0 Å². The van der Waals surface area contributed by atoms with Crippen LogP contribution < -0.4 is 5.73 Å². The van der Waals surface area contributed by atoms with Crippen LogP contribution in [0.25, 0.3) is 0 Å². The fraction of sp³-hybridized carbons (Fsp3) is 1.00. The fourth-order valence-corrected chi connectivity index (χ4v) is 4.31. The summed E-state index contributed by atoms with van der Waals surface area (Å²) < 4.78 is 0. The standard InChI is InChI=1S/C19H38N2/c1-2-16-21(18-12-13-18)19(17-20)14-10-8-6-4-3-5-7-9-11-15-19/h18H,2-17,20H2,1H3. The van der Waals surface area contributed by atoms with Gasteiger partial charge >= 0.3 is 0 Å². The average molecular weight is 295 g/mol. The van der Waals surface area contributed by atoms with E-state index in [0.29, 0.717) is 5.54 Å². The molecule has 0 atom stereocenters. The molecule has 2 aliphatic rings. The smallest absolute Gasteiger partial charge is 0.0334 e. The third kappa shape index (κ3) is 5.25. The number of hydrogen-bond donors (Lipinski definition) is 1. The van der Waals surface area contributed by atoms with Gasteiger partial charge in [-0.25, -0.2) is 0 Å². The second-order valence-corrected chi connectivity index (χ2v) is 7.54. The van der Waals surface area contributed by atoms with E-state index >= 15 is 0 Å². The lowest BCUT2D eigenvalue weighted by molar-refractivity contribution is 0.0617. The van der Waals surface area contributed by atoms with E-state index in [1.807, 2.05) is 0 Å². The second kappa shape index (κ2) is 9.15. The number of nitrogens with zero attached hydrogens (tertiary/aromatic N) is 1. The predicted molar refractivity (Wildman–Crippen MR) is 92.6 cm³/mol. The highest BCUT2D eigenvalue weighted by Crippen LogP contribution is 2.38. The first-order chi connectivity index (χ1) is 10.3. The molecular weight excluding hydrogens is 256 g/mol. The molecule has 0 aliphatic heterocycles. The van der Waals surface area contributed by atoms with E-state index in [2.05, 4.69) is 11.8 Å². The van der Waals surface area contributed by atoms with Crippen LogP contribution in [0, 0.1) is 0 Å². The Hall–Kier alpha value is -0.0800. The topological polar surface area (TPSA) is 29.3 Å². The molecule has 2 rings (SSSR count). The highest BCUT2D eigenvalue weighted by atomic mass is 15.3. The predicted octanol–water partition coefficient (Wildman–Crippen LogP) is 4.86. The van der Waals surface area contributed by atoms with E-state index in [1.165, 1.54) is 96.4 Å². The minimum Gasteiger partial charge on any atom is -0.329 e. The summed E-state index contributed by atoms with van der Waals surface area (Å²) in [6, 6.07) is 0.862. The average Bonchev–Trinajstić information content (AvgIpc) is 3.31. The number of hydrogen-bond acceptors (Lipinski definition) is 2. The van der Waals surface area contributed by atoms with Crippen LogP contribution in [0.1, 0.15) is 96.8 Å². The Labute approximate surface area is 132 Å². The minimum absolute atomic E-state index is 0.330. The van der Waals surface area contributed by atoms with Crippen molar-refractivity contribution < 1.29 is 0 Å². The lowest BCUT2D eigenvalue weighted by atomic mass is 9.83. The van der Waals surface area contributed by atoms with Gasteiger partial charge in [-0.2, -0.15) is 0 Å². The Balaban J connectivity index is 2.01. The quantitative estimate of drug-likeness (QED) is 0.784. The van der Waals surface area contributed by atoms with Gasteiger partial charge in [0.2, 0.25) is 0 Å². The number of nitrogens with two attached hydrogens (primary N) is 1. The first-order valence-electron chi connectivity index (χ1n) is 9.79. The molecular formula is C19H38N2. The van der Waals surface area contributed by atoms with E-state index in [9.17, 15) is 0 Å². The zero-order valence-corrected chi connectivity index (χ0v) is 14.4. The molecule has 21 heavy (non-hydrogen) atoms. The van der Waals surface area contributed by atoms with Gasteiger partial charge in [0, 0.05) is 18.1 Å². The van der Waals surface area contributed by atoms with Crippen molar-refractivity contribution in [3.8, 4) is 0 Å². The molecule has 0 radical (unpaired) electrons. The first kappa shape index (κ1) is 17.3. The van der Waals surface area contributed by atoms with Gasteiger partial charge in [-0.05, 0) is 38.6 Å². The van der Waals surface area contributed by atoms with E-state index < -0.39 is 0 Å². The summed E-state index contributed by atoms with van der Waals surface area (Å²) in [5.41, 5.74) is 6.70. The maximum Gasteiger partial charge on any atom is 0.0334 e. The fourth-order valence-electron chi connectivity index (χ4n) is 4.31. The van der Waals surface area contributed by atoms with Crippen molar-refractivity contribution in [3.63, 3.8) is 0 Å². The Morgan fingerprint density at radius 2 is 1.33 bits per heavy atom. The molecule has 0 aromatic heterocycles. The van der Waals surface area contributed by atoms with Gasteiger partial charge in [-0.15, -0.1) is 0 Å². The zero-order chi connectivity index (χ0) is 15.0. The van der Waals surface area contributed by atoms with Crippen LogP contribution in [0.15, 0.2) is 0 Å². The monoisotopic (exact) mass is 294 g/mol. The van der Waals surface area contributed by atoms with Crippen molar-refractivity contribution in [2.45, 2.75) is 108 Å². The van der Waals surface area contributed by atoms with E-state index in [4.69, 9.17) is 5.73 Å². The van der Waals surface area contributed by atoms with Crippen LogP contribution in [-0.2, 0) is 0 Å². The summed E-state index contributed by atoms with van der Waals surface area (Å²) in [5.74, 6) is 0. The van der Waals surface area contributed by atoms with Gasteiger partial charge in [0.15, 0.2) is 0 Å². The van der Waals surface area contributed by atoms with Gasteiger partial charge in [0.05, 0.1) is 0 Å². The maximum atomic E-state index is 6.37. The Bertz CT molecular complexity index is 261. The molecule has 0 saturated heterocycles. The van der Waals surface area contributed by atoms with Crippen LogP contribution in [0.5, 0.6) is 0 Å². The Morgan fingerprint density at radius 3 is 1.71 bits per heavy atom. The van der Waals surface area contributed by atoms with Gasteiger partial charge in [-0.3, -0.25) is 4.90 Å². The van der Waals surface area contributed by atoms with Crippen LogP contribution in [0.4, 0.5) is 0 Å². The highest BCUT2D eigenvalue weighted by molar-refractivity contribution is 4.99. The van der Waals surface area contributed by atoms with Crippen molar-refractivity contribution in [1.82, 2.24) is 4.90 Å². The molecule has 124 valence electrons. The molecule has 0 amide bonds. The summed E-state index contributed by atoms with van der Waals surface area (Å²) in [6.45, 7) is 4.47. The summed E-state index contributed by atoms with van der Waals surface area (Å²) >= 11 is 0. The SMILES string of the molecule is CCCN(C1CC1)C1(CN)CCCCCCCCCCC1. The van der Waals surface area contributed by atoms with E-state index in [-0.39, 0.29) is 0 Å². The van der Waals surface area contributed by atoms with Crippen molar-refractivity contribution in [2.24, 2.45) is 5.73 Å². The molecule has 2 nitrogen and oxygen atoms in total. The van der Waals surface area contributed by atoms with Crippen molar-refractivity contribution in [1.29, 1.82) is 0 Å². The Morgan fingerprint density at radius 1 is 0.857 bits per heavy atom. The van der Waals surface area contributed by atoms with Gasteiger partial charge in [-0.1, -0.05) is 64.7 Å². The normalized spacial score (nSPS) is 25.3. The lowest BCUT2D eigenvalue weighted by Gasteiger charge is -2.44. The van der Waals surface area contributed by atoms with Crippen molar-refractivity contribution in [2.75, 3.05) is 13.1 Å². The minimum atomic E-state index is 0.330. The largest absolute Gasteiger partial charge is 0.329 e.